The first kappa shape index (κ1) is 31.5. The number of hydrogen-bond donors (Lipinski definition) is 0. The van der Waals surface area contributed by atoms with Crippen molar-refractivity contribution in [3.8, 4) is 0 Å². The van der Waals surface area contributed by atoms with Crippen LogP contribution in [0.1, 0.15) is 175 Å². The molecular formula is C30H60O2. The van der Waals surface area contributed by atoms with Crippen molar-refractivity contribution in [2.45, 2.75) is 175 Å². The molecule has 0 rings (SSSR count). The summed E-state index contributed by atoms with van der Waals surface area (Å²) in [6, 6.07) is 0. The normalized spacial score (nSPS) is 11.4. The molecule has 0 aliphatic heterocycles. The molecule has 192 valence electrons. The smallest absolute Gasteiger partial charge is 0.308 e. The second kappa shape index (κ2) is 26.7. The second-order valence-electron chi connectivity index (χ2n) is 10.5. The van der Waals surface area contributed by atoms with Crippen LogP contribution in [0, 0.1) is 5.92 Å². The Hall–Kier alpha value is -0.530. The van der Waals surface area contributed by atoms with Crippen LogP contribution in [0.3, 0.4) is 0 Å². The Labute approximate surface area is 203 Å². The molecule has 0 unspecified atom stereocenters. The first-order valence-corrected chi connectivity index (χ1v) is 14.8. The monoisotopic (exact) mass is 452 g/mol. The number of hydrogen-bond acceptors (Lipinski definition) is 2. The molecule has 0 heterocycles. The van der Waals surface area contributed by atoms with Crippen molar-refractivity contribution >= 4 is 5.97 Å². The van der Waals surface area contributed by atoms with Crippen LogP contribution in [0.15, 0.2) is 0 Å². The van der Waals surface area contributed by atoms with Gasteiger partial charge in [0, 0.05) is 0 Å². The molecule has 0 aliphatic carbocycles. The van der Waals surface area contributed by atoms with Gasteiger partial charge in [0.1, 0.15) is 0 Å². The van der Waals surface area contributed by atoms with Gasteiger partial charge in [0.15, 0.2) is 0 Å². The largest absolute Gasteiger partial charge is 0.465 e. The topological polar surface area (TPSA) is 26.3 Å². The van der Waals surface area contributed by atoms with Crippen molar-refractivity contribution < 1.29 is 9.53 Å². The van der Waals surface area contributed by atoms with E-state index in [1.807, 2.05) is 13.8 Å². The minimum absolute atomic E-state index is 0.00405. The van der Waals surface area contributed by atoms with Crippen LogP contribution in [-0.4, -0.2) is 12.6 Å². The van der Waals surface area contributed by atoms with E-state index in [0.29, 0.717) is 6.61 Å². The maximum Gasteiger partial charge on any atom is 0.308 e. The van der Waals surface area contributed by atoms with Crippen molar-refractivity contribution in [1.29, 1.82) is 0 Å². The van der Waals surface area contributed by atoms with Crippen LogP contribution < -0.4 is 0 Å². The fraction of sp³-hybridized carbons (Fsp3) is 0.967. The lowest BCUT2D eigenvalue weighted by Crippen LogP contribution is -2.12. The quantitative estimate of drug-likeness (QED) is 0.0963. The molecule has 32 heavy (non-hydrogen) atoms. The molecule has 0 aromatic heterocycles. The van der Waals surface area contributed by atoms with Gasteiger partial charge >= 0.3 is 5.97 Å². The fourth-order valence-corrected chi connectivity index (χ4v) is 4.40. The Bertz CT molecular complexity index is 364. The van der Waals surface area contributed by atoms with E-state index in [0.717, 1.165) is 6.42 Å². The van der Waals surface area contributed by atoms with Gasteiger partial charge in [-0.15, -0.1) is 0 Å². The summed E-state index contributed by atoms with van der Waals surface area (Å²) in [6.45, 7) is 6.69. The highest BCUT2D eigenvalue weighted by Gasteiger charge is 2.06. The third-order valence-corrected chi connectivity index (χ3v) is 6.71. The molecule has 0 amide bonds. The lowest BCUT2D eigenvalue weighted by atomic mass is 10.0. The van der Waals surface area contributed by atoms with Crippen molar-refractivity contribution in [1.82, 2.24) is 0 Å². The zero-order valence-corrected chi connectivity index (χ0v) is 22.6. The van der Waals surface area contributed by atoms with Crippen LogP contribution in [-0.2, 0) is 9.53 Å². The lowest BCUT2D eigenvalue weighted by Gasteiger charge is -2.06. The summed E-state index contributed by atoms with van der Waals surface area (Å²) >= 11 is 0. The average Bonchev–Trinajstić information content (AvgIpc) is 2.78. The molecule has 0 aromatic carbocycles. The Morgan fingerprint density at radius 1 is 0.469 bits per heavy atom. The summed E-state index contributed by atoms with van der Waals surface area (Å²) in [5, 5.41) is 0. The molecule has 0 atom stereocenters. The summed E-state index contributed by atoms with van der Waals surface area (Å²) in [7, 11) is 0. The number of esters is 1. The molecule has 0 saturated carbocycles. The van der Waals surface area contributed by atoms with Gasteiger partial charge in [0.2, 0.25) is 0 Å². The minimum atomic E-state index is -0.0564. The summed E-state index contributed by atoms with van der Waals surface area (Å²) in [4.78, 5) is 11.4. The van der Waals surface area contributed by atoms with Crippen LogP contribution in [0.25, 0.3) is 0 Å². The van der Waals surface area contributed by atoms with Crippen molar-refractivity contribution in [2.24, 2.45) is 5.92 Å². The molecule has 0 saturated heterocycles. The number of rotatable bonds is 26. The van der Waals surface area contributed by atoms with E-state index in [4.69, 9.17) is 4.74 Å². The van der Waals surface area contributed by atoms with E-state index in [1.54, 1.807) is 0 Å². The predicted octanol–water partition coefficient (Wildman–Crippen LogP) is 10.6. The van der Waals surface area contributed by atoms with Gasteiger partial charge in [0.25, 0.3) is 0 Å². The van der Waals surface area contributed by atoms with Gasteiger partial charge < -0.3 is 4.74 Å². The van der Waals surface area contributed by atoms with E-state index in [-0.39, 0.29) is 11.9 Å². The van der Waals surface area contributed by atoms with E-state index < -0.39 is 0 Å². The Morgan fingerprint density at radius 3 is 0.969 bits per heavy atom. The van der Waals surface area contributed by atoms with Gasteiger partial charge in [-0.3, -0.25) is 4.79 Å². The van der Waals surface area contributed by atoms with E-state index >= 15 is 0 Å². The van der Waals surface area contributed by atoms with Crippen molar-refractivity contribution in [3.63, 3.8) is 0 Å². The molecule has 0 fully saturated rings. The van der Waals surface area contributed by atoms with Gasteiger partial charge in [-0.1, -0.05) is 168 Å². The first-order chi connectivity index (χ1) is 15.7. The summed E-state index contributed by atoms with van der Waals surface area (Å²) in [5.41, 5.74) is 0. The molecule has 0 radical (unpaired) electrons. The fourth-order valence-electron chi connectivity index (χ4n) is 4.40. The molecule has 0 aliphatic rings. The maximum absolute atomic E-state index is 11.4. The molecule has 2 heteroatoms. The van der Waals surface area contributed by atoms with E-state index in [9.17, 15) is 4.79 Å². The minimum Gasteiger partial charge on any atom is -0.465 e. The zero-order chi connectivity index (χ0) is 23.5. The first-order valence-electron chi connectivity index (χ1n) is 14.8. The highest BCUT2D eigenvalue weighted by Crippen LogP contribution is 2.15. The SMILES string of the molecule is CCCCCCCCCCCCCCCCCCCCCCCCCCOC(=O)C(C)C. The van der Waals surface area contributed by atoms with Crippen LogP contribution in [0.5, 0.6) is 0 Å². The summed E-state index contributed by atoms with van der Waals surface area (Å²) < 4.78 is 5.21. The summed E-state index contributed by atoms with van der Waals surface area (Å²) in [6.07, 6.45) is 33.8. The Balaban J connectivity index is 3.04. The Morgan fingerprint density at radius 2 is 0.719 bits per heavy atom. The summed E-state index contributed by atoms with van der Waals surface area (Å²) in [5.74, 6) is -0.0524. The average molecular weight is 453 g/mol. The zero-order valence-electron chi connectivity index (χ0n) is 22.6. The number of unbranched alkanes of at least 4 members (excludes halogenated alkanes) is 23. The third kappa shape index (κ3) is 25.7. The molecule has 0 spiro atoms. The number of carbonyl (C=O) groups is 1. The third-order valence-electron chi connectivity index (χ3n) is 6.71. The van der Waals surface area contributed by atoms with Crippen molar-refractivity contribution in [2.75, 3.05) is 6.61 Å². The second-order valence-corrected chi connectivity index (χ2v) is 10.5. The maximum atomic E-state index is 11.4. The van der Waals surface area contributed by atoms with Crippen LogP contribution >= 0.6 is 0 Å². The van der Waals surface area contributed by atoms with E-state index in [2.05, 4.69) is 6.92 Å². The van der Waals surface area contributed by atoms with Gasteiger partial charge in [0.05, 0.1) is 12.5 Å². The van der Waals surface area contributed by atoms with Crippen LogP contribution in [0.2, 0.25) is 0 Å². The molecular weight excluding hydrogens is 392 g/mol. The lowest BCUT2D eigenvalue weighted by molar-refractivity contribution is -0.147. The van der Waals surface area contributed by atoms with Gasteiger partial charge in [-0.05, 0) is 6.42 Å². The molecule has 0 bridgehead atoms. The van der Waals surface area contributed by atoms with Crippen LogP contribution in [0.4, 0.5) is 0 Å². The highest BCUT2D eigenvalue weighted by atomic mass is 16.5. The molecule has 0 aromatic rings. The molecule has 0 N–H and O–H groups in total. The predicted molar refractivity (Wildman–Crippen MR) is 142 cm³/mol. The van der Waals surface area contributed by atoms with Gasteiger partial charge in [-0.25, -0.2) is 0 Å². The molecule has 2 nitrogen and oxygen atoms in total. The van der Waals surface area contributed by atoms with Gasteiger partial charge in [-0.2, -0.15) is 0 Å². The number of carbonyl (C=O) groups excluding carboxylic acids is 1. The van der Waals surface area contributed by atoms with Crippen molar-refractivity contribution in [3.05, 3.63) is 0 Å². The highest BCUT2D eigenvalue weighted by molar-refractivity contribution is 5.71. The number of ether oxygens (including phenoxy) is 1. The standard InChI is InChI=1S/C30H60O2/c1-4-5-6-7-8-9-10-11-12-13-14-15-16-17-18-19-20-21-22-23-24-25-26-27-28-32-30(31)29(2)3/h29H,4-28H2,1-3H3. The Kier molecular flexibility index (Phi) is 26.3. The van der Waals surface area contributed by atoms with E-state index in [1.165, 1.54) is 148 Å².